The monoisotopic (exact) mass is 433 g/mol. The molecule has 8 nitrogen and oxygen atoms in total. The highest BCUT2D eigenvalue weighted by atomic mass is 32.2. The van der Waals surface area contributed by atoms with Crippen LogP contribution in [0.25, 0.3) is 6.08 Å². The lowest BCUT2D eigenvalue weighted by Crippen LogP contribution is -2.14. The van der Waals surface area contributed by atoms with Crippen molar-refractivity contribution in [3.63, 3.8) is 0 Å². The molecule has 0 spiro atoms. The first-order valence-corrected chi connectivity index (χ1v) is 10.2. The molecule has 1 aliphatic rings. The Hall–Kier alpha value is -3.07. The van der Waals surface area contributed by atoms with Crippen LogP contribution in [0.3, 0.4) is 0 Å². The highest BCUT2D eigenvalue weighted by Crippen LogP contribution is 2.40. The van der Waals surface area contributed by atoms with Crippen LogP contribution in [0.5, 0.6) is 5.75 Å². The molecule has 1 amide bonds. The largest absolute Gasteiger partial charge is 0.506 e. The number of para-hydroxylation sites is 1. The van der Waals surface area contributed by atoms with Crippen molar-refractivity contribution < 1.29 is 33.7 Å². The van der Waals surface area contributed by atoms with Gasteiger partial charge in [0.05, 0.1) is 18.1 Å². The summed E-state index contributed by atoms with van der Waals surface area (Å²) in [7, 11) is 0. The van der Waals surface area contributed by atoms with E-state index in [1.165, 1.54) is 0 Å². The molecule has 0 fully saturated rings. The van der Waals surface area contributed by atoms with Crippen LogP contribution in [0, 0.1) is 0 Å². The molecule has 1 aromatic rings. The van der Waals surface area contributed by atoms with Gasteiger partial charge in [0, 0.05) is 12.0 Å². The standard InChI is InChI=1S/C21H23NO7S/c1-4-16(23)22-20-18(21(26)28-6-3)19(25)15(30-20)11-13-9-7-8-10-14(13)29-12-17(24)27-5-2/h7-11,25H,4-6,12H2,1-3H3/b15-11-,22-20?. The second-order valence-electron chi connectivity index (χ2n) is 5.85. The minimum Gasteiger partial charge on any atom is -0.506 e. The smallest absolute Gasteiger partial charge is 0.344 e. The fourth-order valence-electron chi connectivity index (χ4n) is 2.40. The summed E-state index contributed by atoms with van der Waals surface area (Å²) in [5, 5.41) is 10.7. The van der Waals surface area contributed by atoms with E-state index in [2.05, 4.69) is 4.99 Å². The van der Waals surface area contributed by atoms with E-state index in [0.717, 1.165) is 11.8 Å². The van der Waals surface area contributed by atoms with Gasteiger partial charge in [-0.15, -0.1) is 0 Å². The summed E-state index contributed by atoms with van der Waals surface area (Å²) < 4.78 is 15.4. The van der Waals surface area contributed by atoms with E-state index in [0.29, 0.717) is 16.2 Å². The number of esters is 2. The molecule has 9 heteroatoms. The van der Waals surface area contributed by atoms with Crippen LogP contribution >= 0.6 is 11.8 Å². The van der Waals surface area contributed by atoms with Crippen LogP contribution in [0.4, 0.5) is 0 Å². The summed E-state index contributed by atoms with van der Waals surface area (Å²) in [6.45, 7) is 5.07. The van der Waals surface area contributed by atoms with Crippen molar-refractivity contribution in [1.29, 1.82) is 0 Å². The number of amides is 1. The Morgan fingerprint density at radius 1 is 1.10 bits per heavy atom. The van der Waals surface area contributed by atoms with E-state index in [-0.39, 0.29) is 42.6 Å². The normalized spacial score (nSPS) is 16.1. The van der Waals surface area contributed by atoms with Crippen molar-refractivity contribution >= 4 is 40.7 Å². The molecule has 0 radical (unpaired) electrons. The average molecular weight is 433 g/mol. The molecule has 0 bridgehead atoms. The number of rotatable bonds is 8. The lowest BCUT2D eigenvalue weighted by Gasteiger charge is -2.09. The van der Waals surface area contributed by atoms with E-state index in [1.54, 1.807) is 51.1 Å². The summed E-state index contributed by atoms with van der Waals surface area (Å²) >= 11 is 0.979. The summed E-state index contributed by atoms with van der Waals surface area (Å²) in [6.07, 6.45) is 1.74. The Labute approximate surface area is 178 Å². The Morgan fingerprint density at radius 3 is 2.47 bits per heavy atom. The van der Waals surface area contributed by atoms with Gasteiger partial charge in [-0.1, -0.05) is 36.9 Å². The van der Waals surface area contributed by atoms with Gasteiger partial charge < -0.3 is 19.3 Å². The third-order valence-corrected chi connectivity index (χ3v) is 4.78. The number of ether oxygens (including phenoxy) is 3. The number of aliphatic hydroxyl groups excluding tert-OH is 1. The zero-order chi connectivity index (χ0) is 22.1. The molecule has 0 aliphatic carbocycles. The predicted molar refractivity (Wildman–Crippen MR) is 113 cm³/mol. The highest BCUT2D eigenvalue weighted by Gasteiger charge is 2.33. The molecule has 1 N–H and O–H groups in total. The number of carbonyl (C=O) groups excluding carboxylic acids is 3. The number of thioether (sulfide) groups is 1. The molecule has 1 heterocycles. The van der Waals surface area contributed by atoms with Gasteiger partial charge in [0.2, 0.25) is 5.91 Å². The SMILES string of the molecule is CCOC(=O)COc1ccccc1/C=C1\SC(=NC(=O)CC)C(C(=O)OCC)=C1O. The summed E-state index contributed by atoms with van der Waals surface area (Å²) in [5.74, 6) is -1.64. The van der Waals surface area contributed by atoms with Crippen molar-refractivity contribution in [1.82, 2.24) is 0 Å². The van der Waals surface area contributed by atoms with Crippen molar-refractivity contribution in [2.24, 2.45) is 4.99 Å². The lowest BCUT2D eigenvalue weighted by molar-refractivity contribution is -0.145. The number of hydrogen-bond donors (Lipinski definition) is 1. The van der Waals surface area contributed by atoms with E-state index >= 15 is 0 Å². The minimum absolute atomic E-state index is 0.0778. The Kier molecular flexibility index (Phi) is 8.67. The van der Waals surface area contributed by atoms with Gasteiger partial charge >= 0.3 is 11.9 Å². The molecule has 0 unspecified atom stereocenters. The first-order chi connectivity index (χ1) is 14.4. The van der Waals surface area contributed by atoms with Crippen molar-refractivity contribution in [2.45, 2.75) is 27.2 Å². The van der Waals surface area contributed by atoms with Gasteiger partial charge in [-0.05, 0) is 26.0 Å². The zero-order valence-corrected chi connectivity index (χ0v) is 17.8. The molecule has 30 heavy (non-hydrogen) atoms. The maximum atomic E-state index is 12.3. The molecule has 1 aliphatic heterocycles. The van der Waals surface area contributed by atoms with E-state index < -0.39 is 17.8 Å². The van der Waals surface area contributed by atoms with E-state index in [1.807, 2.05) is 0 Å². The number of nitrogens with zero attached hydrogens (tertiary/aromatic N) is 1. The topological polar surface area (TPSA) is 111 Å². The van der Waals surface area contributed by atoms with Crippen LogP contribution in [0.1, 0.15) is 32.8 Å². The summed E-state index contributed by atoms with van der Waals surface area (Å²) in [5.41, 5.74) is 0.405. The molecule has 0 saturated carbocycles. The molecule has 0 atom stereocenters. The number of aliphatic imine (C=N–C) groups is 1. The maximum absolute atomic E-state index is 12.3. The molecule has 0 aromatic heterocycles. The molecule has 1 aromatic carbocycles. The van der Waals surface area contributed by atoms with E-state index in [4.69, 9.17) is 14.2 Å². The Morgan fingerprint density at radius 2 is 1.80 bits per heavy atom. The van der Waals surface area contributed by atoms with Crippen LogP contribution in [0.15, 0.2) is 45.5 Å². The van der Waals surface area contributed by atoms with Gasteiger partial charge in [-0.2, -0.15) is 0 Å². The van der Waals surface area contributed by atoms with Gasteiger partial charge in [0.1, 0.15) is 22.1 Å². The van der Waals surface area contributed by atoms with Crippen molar-refractivity contribution in [3.8, 4) is 5.75 Å². The van der Waals surface area contributed by atoms with Crippen LogP contribution in [-0.4, -0.2) is 47.8 Å². The Balaban J connectivity index is 2.39. The Bertz CT molecular complexity index is 918. The van der Waals surface area contributed by atoms with Gasteiger partial charge in [-0.25, -0.2) is 14.6 Å². The number of carbonyl (C=O) groups is 3. The molecule has 160 valence electrons. The van der Waals surface area contributed by atoms with Gasteiger partial charge in [0.25, 0.3) is 0 Å². The minimum atomic E-state index is -0.764. The third-order valence-electron chi connectivity index (χ3n) is 3.76. The second-order valence-corrected chi connectivity index (χ2v) is 6.88. The maximum Gasteiger partial charge on any atom is 0.344 e. The number of aliphatic hydroxyl groups is 1. The van der Waals surface area contributed by atoms with Crippen LogP contribution in [0.2, 0.25) is 0 Å². The molecule has 0 saturated heterocycles. The lowest BCUT2D eigenvalue weighted by atomic mass is 10.1. The molecular weight excluding hydrogens is 410 g/mol. The van der Waals surface area contributed by atoms with Crippen LogP contribution in [-0.2, 0) is 23.9 Å². The predicted octanol–water partition coefficient (Wildman–Crippen LogP) is 3.43. The highest BCUT2D eigenvalue weighted by molar-refractivity contribution is 8.18. The molecule has 2 rings (SSSR count). The number of benzene rings is 1. The number of hydrogen-bond acceptors (Lipinski definition) is 8. The first-order valence-electron chi connectivity index (χ1n) is 9.40. The van der Waals surface area contributed by atoms with E-state index in [9.17, 15) is 19.5 Å². The van der Waals surface area contributed by atoms with Crippen molar-refractivity contribution in [3.05, 3.63) is 46.1 Å². The first kappa shape index (κ1) is 23.2. The summed E-state index contributed by atoms with van der Waals surface area (Å²) in [6, 6.07) is 6.87. The van der Waals surface area contributed by atoms with Gasteiger partial charge in [0.15, 0.2) is 6.61 Å². The zero-order valence-electron chi connectivity index (χ0n) is 17.0. The molecular formula is C21H23NO7S. The average Bonchev–Trinajstić information content (AvgIpc) is 3.02. The van der Waals surface area contributed by atoms with Gasteiger partial charge in [-0.3, -0.25) is 4.79 Å². The van der Waals surface area contributed by atoms with Crippen LogP contribution < -0.4 is 4.74 Å². The fraction of sp³-hybridized carbons (Fsp3) is 0.333. The summed E-state index contributed by atoms with van der Waals surface area (Å²) in [4.78, 5) is 39.8. The third kappa shape index (κ3) is 5.96. The van der Waals surface area contributed by atoms with Crippen molar-refractivity contribution in [2.75, 3.05) is 19.8 Å². The fourth-order valence-corrected chi connectivity index (χ4v) is 3.42. The second kappa shape index (κ2) is 11.2. The quantitative estimate of drug-likeness (QED) is 0.621.